The molecule has 0 aliphatic carbocycles. The van der Waals surface area contributed by atoms with Crippen LogP contribution < -0.4 is 20.3 Å². The van der Waals surface area contributed by atoms with Crippen LogP contribution in [0, 0.1) is 5.82 Å². The molecule has 6 rings (SSSR count). The van der Waals surface area contributed by atoms with Crippen LogP contribution in [0.3, 0.4) is 0 Å². The Morgan fingerprint density at radius 3 is 2.62 bits per heavy atom. The fourth-order valence-electron chi connectivity index (χ4n) is 4.67. The average molecular weight is 546 g/mol. The first-order chi connectivity index (χ1) is 19.6. The van der Waals surface area contributed by atoms with Crippen LogP contribution in [0.25, 0.3) is 10.8 Å². The smallest absolute Gasteiger partial charge is 0.255 e. The highest BCUT2D eigenvalue weighted by Crippen LogP contribution is 2.34. The van der Waals surface area contributed by atoms with Gasteiger partial charge in [-0.05, 0) is 30.3 Å². The third-order valence-corrected chi connectivity index (χ3v) is 6.62. The zero-order chi connectivity index (χ0) is 27.3. The number of morpholine rings is 1. The predicted molar refractivity (Wildman–Crippen MR) is 148 cm³/mol. The van der Waals surface area contributed by atoms with Crippen LogP contribution in [-0.4, -0.2) is 68.2 Å². The number of rotatable bonds is 8. The van der Waals surface area contributed by atoms with Crippen LogP contribution in [0.4, 0.5) is 21.7 Å². The van der Waals surface area contributed by atoms with Gasteiger partial charge in [-0.1, -0.05) is 24.3 Å². The second-order valence-electron chi connectivity index (χ2n) is 9.28. The van der Waals surface area contributed by atoms with E-state index in [0.29, 0.717) is 75.0 Å². The number of nitrogens with one attached hydrogen (secondary N) is 2. The molecule has 1 aromatic heterocycles. The number of halogens is 1. The number of carbonyl (C=O) groups excluding carboxylic acids is 1. The Morgan fingerprint density at radius 1 is 1.00 bits per heavy atom. The van der Waals surface area contributed by atoms with Crippen molar-refractivity contribution in [2.45, 2.75) is 6.29 Å². The number of aromatic nitrogens is 2. The van der Waals surface area contributed by atoms with Crippen molar-refractivity contribution < 1.29 is 28.1 Å². The molecule has 0 spiro atoms. The number of hydrogen-bond donors (Lipinski definition) is 2. The van der Waals surface area contributed by atoms with E-state index in [4.69, 9.17) is 18.9 Å². The molecule has 0 unspecified atom stereocenters. The van der Waals surface area contributed by atoms with E-state index in [1.165, 1.54) is 12.1 Å². The van der Waals surface area contributed by atoms with E-state index >= 15 is 0 Å². The topological polar surface area (TPSA) is 107 Å². The normalized spacial score (nSPS) is 15.8. The van der Waals surface area contributed by atoms with Crippen molar-refractivity contribution in [3.05, 3.63) is 78.2 Å². The quantitative estimate of drug-likeness (QED) is 0.332. The van der Waals surface area contributed by atoms with Gasteiger partial charge in [-0.15, -0.1) is 0 Å². The van der Waals surface area contributed by atoms with Crippen molar-refractivity contribution in [2.24, 2.45) is 0 Å². The molecule has 3 aromatic carbocycles. The molecule has 40 heavy (non-hydrogen) atoms. The van der Waals surface area contributed by atoms with Crippen LogP contribution in [0.5, 0.6) is 11.6 Å². The summed E-state index contributed by atoms with van der Waals surface area (Å²) in [5.74, 6) is 0.417. The highest BCUT2D eigenvalue weighted by atomic mass is 19.1. The number of nitrogens with zero attached hydrogens (tertiary/aromatic N) is 3. The number of hydrogen-bond acceptors (Lipinski definition) is 9. The molecule has 2 aliphatic rings. The first-order valence-electron chi connectivity index (χ1n) is 13.1. The number of benzene rings is 3. The van der Waals surface area contributed by atoms with Gasteiger partial charge in [0.25, 0.3) is 5.91 Å². The number of ether oxygens (including phenoxy) is 4. The van der Waals surface area contributed by atoms with Crippen molar-refractivity contribution in [3.8, 4) is 11.6 Å². The Kier molecular flexibility index (Phi) is 7.67. The van der Waals surface area contributed by atoms with E-state index in [1.807, 2.05) is 29.2 Å². The molecule has 4 aromatic rings. The number of anilines is 3. The maximum Gasteiger partial charge on any atom is 0.255 e. The fourth-order valence-corrected chi connectivity index (χ4v) is 4.67. The van der Waals surface area contributed by atoms with Crippen LogP contribution >= 0.6 is 0 Å². The van der Waals surface area contributed by atoms with Gasteiger partial charge in [0, 0.05) is 53.1 Å². The van der Waals surface area contributed by atoms with Gasteiger partial charge in [0.2, 0.25) is 11.8 Å². The van der Waals surface area contributed by atoms with Crippen molar-refractivity contribution >= 4 is 34.0 Å². The molecule has 11 heteroatoms. The lowest BCUT2D eigenvalue weighted by Gasteiger charge is -2.29. The largest absolute Gasteiger partial charge is 0.438 e. The third-order valence-electron chi connectivity index (χ3n) is 6.62. The highest BCUT2D eigenvalue weighted by Gasteiger charge is 2.18. The Bertz CT molecular complexity index is 1510. The Morgan fingerprint density at radius 2 is 1.80 bits per heavy atom. The molecule has 2 fully saturated rings. The minimum absolute atomic E-state index is 0.236. The monoisotopic (exact) mass is 545 g/mol. The molecule has 0 atom stereocenters. The molecule has 2 N–H and O–H groups in total. The molecule has 206 valence electrons. The Labute approximate surface area is 230 Å². The van der Waals surface area contributed by atoms with E-state index in [1.54, 1.807) is 30.5 Å². The minimum Gasteiger partial charge on any atom is -0.438 e. The van der Waals surface area contributed by atoms with Crippen molar-refractivity contribution in [3.63, 3.8) is 0 Å². The van der Waals surface area contributed by atoms with Gasteiger partial charge in [-0.3, -0.25) is 4.79 Å². The van der Waals surface area contributed by atoms with E-state index in [0.717, 1.165) is 10.8 Å². The zero-order valence-electron chi connectivity index (χ0n) is 21.6. The first-order valence-corrected chi connectivity index (χ1v) is 13.1. The van der Waals surface area contributed by atoms with Gasteiger partial charge in [0.1, 0.15) is 11.6 Å². The van der Waals surface area contributed by atoms with Gasteiger partial charge in [-0.25, -0.2) is 9.37 Å². The van der Waals surface area contributed by atoms with Gasteiger partial charge in [0.15, 0.2) is 6.29 Å². The van der Waals surface area contributed by atoms with Crippen LogP contribution in [0.2, 0.25) is 0 Å². The predicted octanol–water partition coefficient (Wildman–Crippen LogP) is 4.43. The van der Waals surface area contributed by atoms with E-state index in [9.17, 15) is 9.18 Å². The highest BCUT2D eigenvalue weighted by molar-refractivity contribution is 6.10. The maximum absolute atomic E-state index is 14.5. The molecule has 1 amide bonds. The summed E-state index contributed by atoms with van der Waals surface area (Å²) >= 11 is 0. The number of fused-ring (bicyclic) bond motifs is 1. The van der Waals surface area contributed by atoms with Crippen LogP contribution in [-0.2, 0) is 14.2 Å². The molecule has 10 nitrogen and oxygen atoms in total. The van der Waals surface area contributed by atoms with Gasteiger partial charge >= 0.3 is 0 Å². The molecule has 0 saturated carbocycles. The summed E-state index contributed by atoms with van der Waals surface area (Å²) in [6, 6.07) is 17.1. The van der Waals surface area contributed by atoms with Gasteiger partial charge < -0.3 is 34.5 Å². The number of amides is 1. The molecule has 3 heterocycles. The van der Waals surface area contributed by atoms with Gasteiger partial charge in [-0.2, -0.15) is 4.98 Å². The summed E-state index contributed by atoms with van der Waals surface area (Å²) in [6.45, 7) is 3.97. The van der Waals surface area contributed by atoms with E-state index in [2.05, 4.69) is 20.6 Å². The second-order valence-corrected chi connectivity index (χ2v) is 9.28. The summed E-state index contributed by atoms with van der Waals surface area (Å²) in [4.78, 5) is 23.9. The number of carbonyl (C=O) groups is 1. The minimum atomic E-state index is -0.468. The summed E-state index contributed by atoms with van der Waals surface area (Å²) in [6.07, 6.45) is 1.26. The molecule has 0 radical (unpaired) electrons. The lowest BCUT2D eigenvalue weighted by Crippen LogP contribution is -2.36. The molecular formula is C29H28FN5O5. The Hall–Kier alpha value is -4.32. The SMILES string of the molecule is O=C(Nc1ccc(Oc2ccnc(NCC3OCCO3)n2)c2ccccc12)c1cc(F)cc(N2CCOCC2)c1. The Balaban J connectivity index is 1.20. The molecule has 2 saturated heterocycles. The fraction of sp³-hybridized carbons (Fsp3) is 0.276. The van der Waals surface area contributed by atoms with Crippen LogP contribution in [0.15, 0.2) is 66.9 Å². The lowest BCUT2D eigenvalue weighted by molar-refractivity contribution is -0.0300. The van der Waals surface area contributed by atoms with Gasteiger partial charge in [0.05, 0.1) is 33.0 Å². The van der Waals surface area contributed by atoms with E-state index < -0.39 is 11.7 Å². The molecular weight excluding hydrogens is 517 g/mol. The zero-order valence-corrected chi connectivity index (χ0v) is 21.6. The summed E-state index contributed by atoms with van der Waals surface area (Å²) in [5, 5.41) is 7.57. The van der Waals surface area contributed by atoms with Crippen molar-refractivity contribution in [1.82, 2.24) is 9.97 Å². The summed E-state index contributed by atoms with van der Waals surface area (Å²) in [5.41, 5.74) is 1.47. The third kappa shape index (κ3) is 5.96. The lowest BCUT2D eigenvalue weighted by atomic mass is 10.1. The molecule has 0 bridgehead atoms. The standard InChI is InChI=1S/C29H28FN5O5/c30-20-15-19(16-21(17-20)35-9-11-37-12-10-35)28(36)33-24-5-6-25(23-4-2-1-3-22(23)24)40-26-7-8-31-29(34-26)32-18-27-38-13-14-39-27/h1-8,15-17,27H,9-14,18H2,(H,33,36)(H,31,32,34). The van der Waals surface area contributed by atoms with Crippen molar-refractivity contribution in [1.29, 1.82) is 0 Å². The first kappa shape index (κ1) is 25.9. The maximum atomic E-state index is 14.5. The average Bonchev–Trinajstić information content (AvgIpc) is 3.52. The van der Waals surface area contributed by atoms with E-state index in [-0.39, 0.29) is 11.9 Å². The molecule has 2 aliphatic heterocycles. The van der Waals surface area contributed by atoms with Crippen molar-refractivity contribution in [2.75, 3.05) is 61.6 Å². The second kappa shape index (κ2) is 11.8. The van der Waals surface area contributed by atoms with Crippen LogP contribution in [0.1, 0.15) is 10.4 Å². The summed E-state index contributed by atoms with van der Waals surface area (Å²) in [7, 11) is 0. The summed E-state index contributed by atoms with van der Waals surface area (Å²) < 4.78 is 36.8.